The quantitative estimate of drug-likeness (QED) is 0.835. The van der Waals surface area contributed by atoms with Gasteiger partial charge in [-0.25, -0.2) is 13.2 Å². The minimum absolute atomic E-state index is 0.00683. The van der Waals surface area contributed by atoms with Crippen LogP contribution in [0.25, 0.3) is 0 Å². The van der Waals surface area contributed by atoms with E-state index in [1.807, 2.05) is 0 Å². The first-order valence-corrected chi connectivity index (χ1v) is 7.66. The fourth-order valence-electron chi connectivity index (χ4n) is 1.19. The second kappa shape index (κ2) is 5.19. The van der Waals surface area contributed by atoms with Gasteiger partial charge in [-0.3, -0.25) is 4.72 Å². The summed E-state index contributed by atoms with van der Waals surface area (Å²) < 4.78 is 30.0. The average molecular weight is 365 g/mol. The lowest BCUT2D eigenvalue weighted by Gasteiger charge is -2.07. The Morgan fingerprint density at radius 1 is 1.42 bits per heavy atom. The van der Waals surface area contributed by atoms with Crippen LogP contribution in [0.2, 0.25) is 0 Å². The van der Waals surface area contributed by atoms with E-state index in [4.69, 9.17) is 5.11 Å². The summed E-state index contributed by atoms with van der Waals surface area (Å²) in [5.41, 5.74) is -0.140. The van der Waals surface area contributed by atoms with Crippen LogP contribution in [0.4, 0.5) is 5.13 Å². The maximum atomic E-state index is 12.1. The molecule has 11 heteroatoms. The summed E-state index contributed by atoms with van der Waals surface area (Å²) in [5, 5.41) is 15.6. The molecule has 19 heavy (non-hydrogen) atoms. The molecule has 0 aliphatic rings. The van der Waals surface area contributed by atoms with Crippen LogP contribution in [0, 0.1) is 0 Å². The molecular weight excluding hydrogens is 360 g/mol. The van der Waals surface area contributed by atoms with Gasteiger partial charge in [0, 0.05) is 16.0 Å². The number of carboxylic acid groups (broad SMARTS) is 1. The molecule has 1 heterocycles. The first-order valence-electron chi connectivity index (χ1n) is 4.61. The summed E-state index contributed by atoms with van der Waals surface area (Å²) in [5.74, 6) is -1.22. The topological polar surface area (TPSA) is 122 Å². The third kappa shape index (κ3) is 3.05. The maximum absolute atomic E-state index is 12.1. The van der Waals surface area contributed by atoms with Crippen molar-refractivity contribution < 1.29 is 18.3 Å². The van der Waals surface area contributed by atoms with E-state index in [2.05, 4.69) is 35.5 Å². The summed E-state index contributed by atoms with van der Waals surface area (Å²) >= 11 is 3.83. The van der Waals surface area contributed by atoms with E-state index >= 15 is 0 Å². The zero-order valence-corrected chi connectivity index (χ0v) is 12.2. The first kappa shape index (κ1) is 13.8. The van der Waals surface area contributed by atoms with E-state index in [9.17, 15) is 13.2 Å². The Balaban J connectivity index is 2.45. The van der Waals surface area contributed by atoms with Crippen molar-refractivity contribution in [1.82, 2.24) is 14.8 Å². The van der Waals surface area contributed by atoms with Gasteiger partial charge in [0.2, 0.25) is 5.13 Å². The Hall–Kier alpha value is -1.59. The summed E-state index contributed by atoms with van der Waals surface area (Å²) in [6.07, 6.45) is 0. The number of benzene rings is 1. The molecule has 0 atom stereocenters. The molecule has 0 radical (unpaired) electrons. The number of nitrogens with one attached hydrogen (secondary N) is 1. The molecule has 8 nitrogen and oxygen atoms in total. The molecular formula is C8H5BrN4O4S2. The number of nitrogens with zero attached hydrogens (tertiary/aromatic N) is 3. The number of aromatic nitrogens is 3. The fraction of sp³-hybridized carbons (Fsp3) is 0. The zero-order valence-electron chi connectivity index (χ0n) is 8.94. The van der Waals surface area contributed by atoms with Gasteiger partial charge in [0.05, 0.1) is 5.56 Å². The molecule has 2 N–H and O–H groups in total. The largest absolute Gasteiger partial charge is 0.478 e. The number of sulfonamides is 1. The van der Waals surface area contributed by atoms with Gasteiger partial charge < -0.3 is 5.11 Å². The number of anilines is 1. The summed E-state index contributed by atoms with van der Waals surface area (Å²) in [4.78, 5) is 10.6. The van der Waals surface area contributed by atoms with Crippen molar-refractivity contribution in [2.75, 3.05) is 4.72 Å². The molecule has 1 aromatic carbocycles. The van der Waals surface area contributed by atoms with Gasteiger partial charge >= 0.3 is 5.97 Å². The molecule has 0 aliphatic heterocycles. The molecule has 0 spiro atoms. The monoisotopic (exact) mass is 364 g/mol. The summed E-state index contributed by atoms with van der Waals surface area (Å²) in [6.45, 7) is 0. The highest BCUT2D eigenvalue weighted by molar-refractivity contribution is 9.10. The van der Waals surface area contributed by atoms with E-state index in [0.717, 1.165) is 17.6 Å². The van der Waals surface area contributed by atoms with Crippen LogP contribution in [-0.2, 0) is 10.0 Å². The van der Waals surface area contributed by atoms with E-state index < -0.39 is 16.0 Å². The normalized spacial score (nSPS) is 11.2. The molecule has 0 amide bonds. The van der Waals surface area contributed by atoms with Crippen LogP contribution < -0.4 is 4.72 Å². The lowest BCUT2D eigenvalue weighted by Crippen LogP contribution is -2.14. The Kier molecular flexibility index (Phi) is 3.78. The maximum Gasteiger partial charge on any atom is 0.335 e. The average Bonchev–Trinajstić information content (AvgIpc) is 2.81. The van der Waals surface area contributed by atoms with E-state index in [0.29, 0.717) is 0 Å². The van der Waals surface area contributed by atoms with E-state index in [-0.39, 0.29) is 20.1 Å². The van der Waals surface area contributed by atoms with Crippen LogP contribution in [0.5, 0.6) is 0 Å². The van der Waals surface area contributed by atoms with Crippen LogP contribution >= 0.6 is 27.5 Å². The van der Waals surface area contributed by atoms with Crippen molar-refractivity contribution in [3.63, 3.8) is 0 Å². The van der Waals surface area contributed by atoms with Crippen LogP contribution in [0.1, 0.15) is 10.4 Å². The smallest absolute Gasteiger partial charge is 0.335 e. The van der Waals surface area contributed by atoms with Crippen LogP contribution in [-0.4, -0.2) is 34.3 Å². The number of rotatable bonds is 4. The molecule has 0 fully saturated rings. The number of hydrogen-bond acceptors (Lipinski definition) is 7. The van der Waals surface area contributed by atoms with Crippen molar-refractivity contribution in [2.24, 2.45) is 0 Å². The summed E-state index contributed by atoms with van der Waals surface area (Å²) in [6, 6.07) is 3.68. The van der Waals surface area contributed by atoms with Crippen molar-refractivity contribution in [3.05, 3.63) is 28.2 Å². The number of carbonyl (C=O) groups is 1. The second-order valence-corrected chi connectivity index (χ2v) is 6.46. The lowest BCUT2D eigenvalue weighted by atomic mass is 10.2. The highest BCUT2D eigenvalue weighted by Gasteiger charge is 2.21. The molecule has 0 saturated carbocycles. The number of carboxylic acids is 1. The highest BCUT2D eigenvalue weighted by Crippen LogP contribution is 2.25. The molecule has 100 valence electrons. The second-order valence-electron chi connectivity index (χ2n) is 3.22. The van der Waals surface area contributed by atoms with Crippen molar-refractivity contribution >= 4 is 48.6 Å². The first-order chi connectivity index (χ1) is 8.90. The number of halogens is 1. The van der Waals surface area contributed by atoms with Crippen molar-refractivity contribution in [3.8, 4) is 0 Å². The van der Waals surface area contributed by atoms with E-state index in [1.54, 1.807) is 0 Å². The minimum atomic E-state index is -3.96. The Morgan fingerprint density at radius 2 is 2.16 bits per heavy atom. The molecule has 0 saturated heterocycles. The molecule has 0 aliphatic carbocycles. The highest BCUT2D eigenvalue weighted by atomic mass is 79.9. The van der Waals surface area contributed by atoms with Gasteiger partial charge in [0.1, 0.15) is 4.90 Å². The number of aromatic carboxylic acids is 1. The van der Waals surface area contributed by atoms with E-state index in [1.165, 1.54) is 12.1 Å². The fourth-order valence-corrected chi connectivity index (χ4v) is 3.76. The third-order valence-electron chi connectivity index (χ3n) is 1.99. The lowest BCUT2D eigenvalue weighted by molar-refractivity contribution is 0.0696. The SMILES string of the molecule is O=C(O)c1ccc(Br)c(S(=O)(=O)Nc2nnns2)c1. The van der Waals surface area contributed by atoms with Gasteiger partial charge in [-0.15, -0.1) is 0 Å². The Morgan fingerprint density at radius 3 is 2.74 bits per heavy atom. The Labute approximate surface area is 119 Å². The van der Waals surface area contributed by atoms with Crippen molar-refractivity contribution in [1.29, 1.82) is 0 Å². The number of hydrogen-bond donors (Lipinski definition) is 2. The zero-order chi connectivity index (χ0) is 14.0. The predicted molar refractivity (Wildman–Crippen MR) is 69.6 cm³/mol. The summed E-state index contributed by atoms with van der Waals surface area (Å²) in [7, 11) is -3.96. The standard InChI is InChI=1S/C8H5BrN4O4S2/c9-5-2-1-4(7(14)15)3-6(5)19(16,17)11-8-10-12-13-18-8/h1-3H,(H,14,15)(H,10,11,13). The molecule has 2 aromatic rings. The van der Waals surface area contributed by atoms with Crippen molar-refractivity contribution in [2.45, 2.75) is 4.90 Å². The van der Waals surface area contributed by atoms with Crippen LogP contribution in [0.3, 0.4) is 0 Å². The predicted octanol–water partition coefficient (Wildman–Crippen LogP) is 1.19. The third-order valence-corrected chi connectivity index (χ3v) is 4.96. The van der Waals surface area contributed by atoms with Gasteiger partial charge in [0.25, 0.3) is 10.0 Å². The van der Waals surface area contributed by atoms with Crippen LogP contribution in [0.15, 0.2) is 27.6 Å². The molecule has 0 unspecified atom stereocenters. The van der Waals surface area contributed by atoms with Gasteiger partial charge in [-0.05, 0) is 39.3 Å². The van der Waals surface area contributed by atoms with Gasteiger partial charge in [-0.1, -0.05) is 9.59 Å². The Bertz CT molecular complexity index is 716. The minimum Gasteiger partial charge on any atom is -0.478 e. The molecule has 2 rings (SSSR count). The molecule has 1 aromatic heterocycles. The van der Waals surface area contributed by atoms with Gasteiger partial charge in [0.15, 0.2) is 0 Å². The molecule has 0 bridgehead atoms. The van der Waals surface area contributed by atoms with Gasteiger partial charge in [-0.2, -0.15) is 0 Å².